The van der Waals surface area contributed by atoms with E-state index < -0.39 is 5.79 Å². The summed E-state index contributed by atoms with van der Waals surface area (Å²) in [7, 11) is 0. The molecule has 2 aliphatic heterocycles. The Bertz CT molecular complexity index is 1090. The van der Waals surface area contributed by atoms with Crippen molar-refractivity contribution in [3.63, 3.8) is 0 Å². The van der Waals surface area contributed by atoms with Gasteiger partial charge in [-0.2, -0.15) is 0 Å². The number of ether oxygens (including phenoxy) is 1. The largest absolute Gasteiger partial charge is 0.457 e. The number of hydrogen-bond acceptors (Lipinski definition) is 4. The number of carbonyl (C=O) groups is 1. The van der Waals surface area contributed by atoms with Gasteiger partial charge in [-0.05, 0) is 49.4 Å². The number of halogens is 1. The van der Waals surface area contributed by atoms with Gasteiger partial charge in [0.15, 0.2) is 6.29 Å². The number of nitrogens with zero attached hydrogens (tertiary/aromatic N) is 2. The van der Waals surface area contributed by atoms with Gasteiger partial charge in [-0.15, -0.1) is 0 Å². The van der Waals surface area contributed by atoms with E-state index in [9.17, 15) is 9.18 Å². The summed E-state index contributed by atoms with van der Waals surface area (Å²) in [5, 5.41) is 0. The van der Waals surface area contributed by atoms with Crippen molar-refractivity contribution in [1.29, 1.82) is 0 Å². The first kappa shape index (κ1) is 19.9. The van der Waals surface area contributed by atoms with Gasteiger partial charge in [-0.3, -0.25) is 14.7 Å². The Hall–Kier alpha value is -3.05. The summed E-state index contributed by atoms with van der Waals surface area (Å²) in [6, 6.07) is 18.5. The van der Waals surface area contributed by atoms with Crippen molar-refractivity contribution in [2.45, 2.75) is 31.5 Å². The highest BCUT2D eigenvalue weighted by atomic mass is 19.1. The van der Waals surface area contributed by atoms with Crippen LogP contribution in [-0.4, -0.2) is 35.1 Å². The maximum absolute atomic E-state index is 14.5. The van der Waals surface area contributed by atoms with Crippen molar-refractivity contribution in [1.82, 2.24) is 9.88 Å². The van der Waals surface area contributed by atoms with Crippen LogP contribution in [0.25, 0.3) is 11.1 Å². The molecule has 5 heteroatoms. The molecule has 1 aromatic heterocycles. The number of hydrogen-bond donors (Lipinski definition) is 0. The fraction of sp³-hybridized carbons (Fsp3) is 0.308. The Balaban J connectivity index is 1.49. The molecule has 0 amide bonds. The average Bonchev–Trinajstić information content (AvgIpc) is 2.83. The Labute approximate surface area is 181 Å². The molecule has 0 saturated carbocycles. The molecule has 2 atom stereocenters. The lowest BCUT2D eigenvalue weighted by Gasteiger charge is -2.41. The first-order chi connectivity index (χ1) is 15.1. The summed E-state index contributed by atoms with van der Waals surface area (Å²) in [4.78, 5) is 17.0. The SMILES string of the molecule is CC(F)(C=O)N1CCC(C2c3ccccc3Oc3cc(-c4cccnc4)ccc32)CC1. The van der Waals surface area contributed by atoms with Crippen molar-refractivity contribution in [3.8, 4) is 22.6 Å². The minimum Gasteiger partial charge on any atom is -0.457 e. The number of aromatic nitrogens is 1. The number of benzene rings is 2. The van der Waals surface area contributed by atoms with Crippen molar-refractivity contribution in [2.24, 2.45) is 5.92 Å². The smallest absolute Gasteiger partial charge is 0.216 e. The second kappa shape index (κ2) is 7.89. The standard InChI is InChI=1S/C26H25FN2O2/c1-26(27,17-30)29-13-10-18(11-14-29)25-21-6-2-3-7-23(21)31-24-15-19(8-9-22(24)25)20-5-4-12-28-16-20/h2-9,12,15-18,25H,10-11,13-14H2,1H3. The quantitative estimate of drug-likeness (QED) is 0.411. The highest BCUT2D eigenvalue weighted by Crippen LogP contribution is 2.50. The van der Waals surface area contributed by atoms with E-state index in [2.05, 4.69) is 29.2 Å². The predicted molar refractivity (Wildman–Crippen MR) is 118 cm³/mol. The number of likely N-dealkylation sites (tertiary alicyclic amines) is 1. The van der Waals surface area contributed by atoms with Gasteiger partial charge in [0.2, 0.25) is 5.79 Å². The molecule has 0 N–H and O–H groups in total. The van der Waals surface area contributed by atoms with Gasteiger partial charge in [0.25, 0.3) is 0 Å². The van der Waals surface area contributed by atoms with E-state index in [1.54, 1.807) is 11.1 Å². The fourth-order valence-electron chi connectivity index (χ4n) is 4.96. The number of aldehydes is 1. The summed E-state index contributed by atoms with van der Waals surface area (Å²) >= 11 is 0. The minimum absolute atomic E-state index is 0.187. The van der Waals surface area contributed by atoms with Gasteiger partial charge in [0.1, 0.15) is 11.5 Å². The lowest BCUT2D eigenvalue weighted by atomic mass is 9.74. The topological polar surface area (TPSA) is 42.4 Å². The average molecular weight is 416 g/mol. The van der Waals surface area contributed by atoms with E-state index in [0.29, 0.717) is 25.3 Å². The van der Waals surface area contributed by atoms with E-state index >= 15 is 0 Å². The number of piperidine rings is 1. The fourth-order valence-corrected chi connectivity index (χ4v) is 4.96. The molecule has 2 aromatic carbocycles. The number of alkyl halides is 1. The number of fused-ring (bicyclic) bond motifs is 2. The van der Waals surface area contributed by atoms with Crippen LogP contribution < -0.4 is 4.74 Å². The number of carbonyl (C=O) groups excluding carboxylic acids is 1. The maximum atomic E-state index is 14.5. The first-order valence-corrected chi connectivity index (χ1v) is 10.8. The highest BCUT2D eigenvalue weighted by molar-refractivity contribution is 5.67. The number of pyridine rings is 1. The van der Waals surface area contributed by atoms with Gasteiger partial charge < -0.3 is 4.74 Å². The minimum atomic E-state index is -1.89. The lowest BCUT2D eigenvalue weighted by molar-refractivity contribution is -0.131. The zero-order valence-electron chi connectivity index (χ0n) is 17.5. The van der Waals surface area contributed by atoms with Crippen molar-refractivity contribution >= 4 is 6.29 Å². The Kier molecular flexibility index (Phi) is 5.06. The second-order valence-electron chi connectivity index (χ2n) is 8.58. The maximum Gasteiger partial charge on any atom is 0.216 e. The third-order valence-electron chi connectivity index (χ3n) is 6.66. The number of rotatable bonds is 4. The number of para-hydroxylation sites is 1. The van der Waals surface area contributed by atoms with Crippen LogP contribution in [0.3, 0.4) is 0 Å². The van der Waals surface area contributed by atoms with Crippen LogP contribution in [0.2, 0.25) is 0 Å². The van der Waals surface area contributed by atoms with Crippen LogP contribution in [0, 0.1) is 5.92 Å². The molecule has 3 aromatic rings. The third kappa shape index (κ3) is 3.63. The molecule has 0 radical (unpaired) electrons. The molecule has 0 spiro atoms. The van der Waals surface area contributed by atoms with Gasteiger partial charge in [0, 0.05) is 48.1 Å². The summed E-state index contributed by atoms with van der Waals surface area (Å²) in [5.74, 6) is 0.401. The monoisotopic (exact) mass is 416 g/mol. The van der Waals surface area contributed by atoms with Crippen molar-refractivity contribution in [2.75, 3.05) is 13.1 Å². The lowest BCUT2D eigenvalue weighted by Crippen LogP contribution is -2.49. The van der Waals surface area contributed by atoms with Gasteiger partial charge >= 0.3 is 0 Å². The molecule has 0 aliphatic carbocycles. The molecule has 2 aliphatic rings. The molecule has 1 saturated heterocycles. The van der Waals surface area contributed by atoms with E-state index in [4.69, 9.17) is 4.74 Å². The molecule has 4 nitrogen and oxygen atoms in total. The molecular formula is C26H25FN2O2. The first-order valence-electron chi connectivity index (χ1n) is 10.8. The van der Waals surface area contributed by atoms with Crippen LogP contribution in [0.15, 0.2) is 67.0 Å². The molecule has 2 unspecified atom stereocenters. The van der Waals surface area contributed by atoms with Gasteiger partial charge in [0.05, 0.1) is 0 Å². The highest BCUT2D eigenvalue weighted by Gasteiger charge is 2.39. The third-order valence-corrected chi connectivity index (χ3v) is 6.66. The zero-order valence-corrected chi connectivity index (χ0v) is 17.5. The van der Waals surface area contributed by atoms with E-state index in [-0.39, 0.29) is 5.92 Å². The molecular weight excluding hydrogens is 391 g/mol. The van der Waals surface area contributed by atoms with Crippen LogP contribution in [0.1, 0.15) is 36.8 Å². The summed E-state index contributed by atoms with van der Waals surface area (Å²) in [6.07, 6.45) is 5.69. The molecule has 5 rings (SSSR count). The van der Waals surface area contributed by atoms with E-state index in [0.717, 1.165) is 35.5 Å². The molecule has 3 heterocycles. The normalized spacial score (nSPS) is 20.8. The molecule has 158 valence electrons. The van der Waals surface area contributed by atoms with Crippen LogP contribution >= 0.6 is 0 Å². The van der Waals surface area contributed by atoms with Crippen molar-refractivity contribution in [3.05, 3.63) is 78.1 Å². The van der Waals surface area contributed by atoms with E-state index in [1.165, 1.54) is 18.1 Å². The summed E-state index contributed by atoms with van der Waals surface area (Å²) < 4.78 is 20.8. The van der Waals surface area contributed by atoms with Gasteiger partial charge in [-0.25, -0.2) is 4.39 Å². The van der Waals surface area contributed by atoms with Crippen LogP contribution in [0.5, 0.6) is 11.5 Å². The Morgan fingerprint density at radius 2 is 1.81 bits per heavy atom. The molecule has 1 fully saturated rings. The van der Waals surface area contributed by atoms with Crippen LogP contribution in [0.4, 0.5) is 4.39 Å². The molecule has 0 bridgehead atoms. The van der Waals surface area contributed by atoms with Gasteiger partial charge in [-0.1, -0.05) is 36.4 Å². The zero-order chi connectivity index (χ0) is 21.4. The Morgan fingerprint density at radius 1 is 1.03 bits per heavy atom. The van der Waals surface area contributed by atoms with Crippen LogP contribution in [-0.2, 0) is 4.79 Å². The Morgan fingerprint density at radius 3 is 2.55 bits per heavy atom. The van der Waals surface area contributed by atoms with E-state index in [1.807, 2.05) is 36.5 Å². The second-order valence-corrected chi connectivity index (χ2v) is 8.58. The van der Waals surface area contributed by atoms with Crippen molar-refractivity contribution < 1.29 is 13.9 Å². The molecule has 31 heavy (non-hydrogen) atoms. The summed E-state index contributed by atoms with van der Waals surface area (Å²) in [5.41, 5.74) is 4.47. The predicted octanol–water partition coefficient (Wildman–Crippen LogP) is 5.58. The summed E-state index contributed by atoms with van der Waals surface area (Å²) in [6.45, 7) is 2.48.